The first-order valence-electron chi connectivity index (χ1n) is 10.5. The van der Waals surface area contributed by atoms with Crippen molar-refractivity contribution in [3.05, 3.63) is 46.3 Å². The van der Waals surface area contributed by atoms with Crippen LogP contribution in [0.4, 0.5) is 11.5 Å². The summed E-state index contributed by atoms with van der Waals surface area (Å²) in [6.07, 6.45) is 8.13. The van der Waals surface area contributed by atoms with Crippen molar-refractivity contribution in [3.63, 3.8) is 0 Å². The molecule has 3 N–H and O–H groups in total. The van der Waals surface area contributed by atoms with Crippen molar-refractivity contribution >= 4 is 28.4 Å². The van der Waals surface area contributed by atoms with Crippen molar-refractivity contribution < 1.29 is 4.79 Å². The van der Waals surface area contributed by atoms with Crippen molar-refractivity contribution in [1.82, 2.24) is 24.9 Å². The second-order valence-electron chi connectivity index (χ2n) is 8.06. The zero-order valence-electron chi connectivity index (χ0n) is 17.2. The van der Waals surface area contributed by atoms with E-state index in [0.29, 0.717) is 29.4 Å². The second kappa shape index (κ2) is 6.86. The quantitative estimate of drug-likeness (QED) is 0.616. The average molecular weight is 407 g/mol. The molecule has 0 radical (unpaired) electrons. The summed E-state index contributed by atoms with van der Waals surface area (Å²) in [6.45, 7) is 4.49. The fourth-order valence-electron chi connectivity index (χ4n) is 4.91. The highest BCUT2D eigenvalue weighted by atomic mass is 16.2. The van der Waals surface area contributed by atoms with Gasteiger partial charge in [0, 0.05) is 12.7 Å². The van der Waals surface area contributed by atoms with Crippen LogP contribution in [0.15, 0.2) is 29.5 Å². The molecule has 1 aliphatic heterocycles. The number of fused-ring (bicyclic) bond motifs is 2. The molecule has 2 aliphatic rings. The smallest absolute Gasteiger partial charge is 0.293 e. The van der Waals surface area contributed by atoms with Crippen LogP contribution in [0, 0.1) is 6.92 Å². The maximum atomic E-state index is 13.6. The molecule has 1 saturated carbocycles. The van der Waals surface area contributed by atoms with E-state index >= 15 is 0 Å². The molecule has 3 aromatic heterocycles. The van der Waals surface area contributed by atoms with E-state index in [4.69, 9.17) is 0 Å². The summed E-state index contributed by atoms with van der Waals surface area (Å²) in [7, 11) is 0. The predicted octanol–water partition coefficient (Wildman–Crippen LogP) is 2.53. The average Bonchev–Trinajstić information content (AvgIpc) is 3.22. The molecule has 0 unspecified atom stereocenters. The topological polar surface area (TPSA) is 108 Å². The molecule has 9 nitrogen and oxygen atoms in total. The fraction of sp³-hybridized carbons (Fsp3) is 0.429. The zero-order chi connectivity index (χ0) is 20.9. The van der Waals surface area contributed by atoms with Crippen LogP contribution in [0.2, 0.25) is 0 Å². The van der Waals surface area contributed by atoms with Crippen molar-refractivity contribution in [2.24, 2.45) is 0 Å². The first kappa shape index (κ1) is 18.7. The van der Waals surface area contributed by atoms with Gasteiger partial charge in [0.2, 0.25) is 0 Å². The normalized spacial score (nSPS) is 17.8. The minimum Gasteiger partial charge on any atom is -0.346 e. The van der Waals surface area contributed by atoms with E-state index in [9.17, 15) is 9.59 Å². The first-order valence-corrected chi connectivity index (χ1v) is 10.5. The zero-order valence-corrected chi connectivity index (χ0v) is 17.2. The van der Waals surface area contributed by atoms with E-state index in [1.54, 1.807) is 16.9 Å². The lowest BCUT2D eigenvalue weighted by atomic mass is 9.87. The van der Waals surface area contributed by atoms with Crippen LogP contribution in [0.1, 0.15) is 55.1 Å². The number of aryl methyl sites for hydroxylation is 1. The Bertz CT molecular complexity index is 1190. The molecule has 30 heavy (non-hydrogen) atoms. The van der Waals surface area contributed by atoms with Gasteiger partial charge in [-0.3, -0.25) is 14.6 Å². The molecule has 5 rings (SSSR count). The van der Waals surface area contributed by atoms with Crippen LogP contribution in [0.3, 0.4) is 0 Å². The van der Waals surface area contributed by atoms with Crippen molar-refractivity contribution in [2.75, 3.05) is 16.9 Å². The monoisotopic (exact) mass is 407 g/mol. The Morgan fingerprint density at radius 2 is 2.00 bits per heavy atom. The van der Waals surface area contributed by atoms with Crippen LogP contribution in [0.5, 0.6) is 0 Å². The summed E-state index contributed by atoms with van der Waals surface area (Å²) < 4.78 is 1.58. The number of amides is 1. The van der Waals surface area contributed by atoms with E-state index < -0.39 is 5.66 Å². The largest absolute Gasteiger partial charge is 0.346 e. The van der Waals surface area contributed by atoms with Crippen LogP contribution in [-0.2, 0) is 0 Å². The summed E-state index contributed by atoms with van der Waals surface area (Å²) >= 11 is 0. The number of hydrogen-bond donors (Lipinski definition) is 3. The molecule has 1 amide bonds. The third-order valence-corrected chi connectivity index (χ3v) is 6.25. The van der Waals surface area contributed by atoms with Gasteiger partial charge >= 0.3 is 0 Å². The molecule has 1 spiro atoms. The van der Waals surface area contributed by atoms with Gasteiger partial charge in [0.05, 0.1) is 5.39 Å². The molecule has 3 aromatic rings. The molecular weight excluding hydrogens is 382 g/mol. The molecule has 0 bridgehead atoms. The van der Waals surface area contributed by atoms with Crippen LogP contribution in [0.25, 0.3) is 11.0 Å². The SMILES string of the molecule is CCN1n2c(c(C)cc(Nc3ncnc4[nH]ccc34)c2=O)C(=O)NC12CCCCC2. The van der Waals surface area contributed by atoms with E-state index in [1.807, 2.05) is 24.9 Å². The van der Waals surface area contributed by atoms with Gasteiger partial charge in [-0.2, -0.15) is 0 Å². The van der Waals surface area contributed by atoms with Crippen molar-refractivity contribution in [1.29, 1.82) is 0 Å². The number of aromatic amines is 1. The second-order valence-corrected chi connectivity index (χ2v) is 8.06. The molecule has 1 fully saturated rings. The Morgan fingerprint density at radius 1 is 1.20 bits per heavy atom. The van der Waals surface area contributed by atoms with Gasteiger partial charge in [-0.05, 0) is 57.2 Å². The predicted molar refractivity (Wildman–Crippen MR) is 115 cm³/mol. The summed E-state index contributed by atoms with van der Waals surface area (Å²) in [5.74, 6) is 0.367. The van der Waals surface area contributed by atoms with E-state index in [1.165, 1.54) is 6.33 Å². The van der Waals surface area contributed by atoms with Gasteiger partial charge in [-0.1, -0.05) is 6.42 Å². The van der Waals surface area contributed by atoms with Gasteiger partial charge in [-0.15, -0.1) is 0 Å². The van der Waals surface area contributed by atoms with Crippen molar-refractivity contribution in [3.8, 4) is 0 Å². The van der Waals surface area contributed by atoms with Gasteiger partial charge in [0.15, 0.2) is 0 Å². The van der Waals surface area contributed by atoms with Gasteiger partial charge in [0.1, 0.15) is 34.8 Å². The number of anilines is 2. The number of nitrogens with one attached hydrogen (secondary N) is 3. The van der Waals surface area contributed by atoms with Crippen molar-refractivity contribution in [2.45, 2.75) is 51.6 Å². The van der Waals surface area contributed by atoms with E-state index in [2.05, 4.69) is 25.6 Å². The van der Waals surface area contributed by atoms with E-state index in [0.717, 1.165) is 43.1 Å². The Kier molecular flexibility index (Phi) is 4.27. The Balaban J connectivity index is 1.66. The molecule has 0 atom stereocenters. The molecule has 0 saturated heterocycles. The molecule has 156 valence electrons. The lowest BCUT2D eigenvalue weighted by molar-refractivity contribution is 0.0761. The molecule has 0 aromatic carbocycles. The standard InChI is InChI=1S/C21H25N7O2/c1-3-27-21(8-5-4-6-9-21)26-19(29)16-13(2)11-15(20(30)28(16)27)25-18-14-7-10-22-17(14)23-12-24-18/h7,10-12H,3-6,8-9H2,1-2H3,(H,26,29)(H2,22,23,24,25). The number of H-pyrrole nitrogens is 1. The molecular formula is C21H25N7O2. The maximum Gasteiger partial charge on any atom is 0.293 e. The molecule has 4 heterocycles. The van der Waals surface area contributed by atoms with Crippen LogP contribution < -0.4 is 21.2 Å². The highest BCUT2D eigenvalue weighted by molar-refractivity contribution is 5.96. The Hall–Kier alpha value is -3.36. The minimum atomic E-state index is -0.505. The first-order chi connectivity index (χ1) is 14.5. The summed E-state index contributed by atoms with van der Waals surface area (Å²) in [6, 6.07) is 3.59. The highest BCUT2D eigenvalue weighted by Crippen LogP contribution is 2.34. The fourth-order valence-corrected chi connectivity index (χ4v) is 4.91. The summed E-state index contributed by atoms with van der Waals surface area (Å²) in [5, 5.41) is 9.24. The minimum absolute atomic E-state index is 0.183. The van der Waals surface area contributed by atoms with Crippen LogP contribution in [-0.4, -0.2) is 37.7 Å². The number of pyridine rings is 1. The van der Waals surface area contributed by atoms with Gasteiger partial charge in [0.25, 0.3) is 11.5 Å². The number of aromatic nitrogens is 4. The molecule has 9 heteroatoms. The van der Waals surface area contributed by atoms with Gasteiger partial charge < -0.3 is 15.6 Å². The number of nitrogens with zero attached hydrogens (tertiary/aromatic N) is 4. The number of carbonyl (C=O) groups is 1. The number of rotatable bonds is 3. The van der Waals surface area contributed by atoms with E-state index in [-0.39, 0.29) is 11.5 Å². The maximum absolute atomic E-state index is 13.6. The lowest BCUT2D eigenvalue weighted by Gasteiger charge is -2.51. The number of hydrogen-bond acceptors (Lipinski definition) is 6. The Morgan fingerprint density at radius 3 is 2.77 bits per heavy atom. The van der Waals surface area contributed by atoms with Gasteiger partial charge in [-0.25, -0.2) is 14.6 Å². The number of carbonyl (C=O) groups excluding carboxylic acids is 1. The Labute approximate surface area is 173 Å². The highest BCUT2D eigenvalue weighted by Gasteiger charge is 2.45. The third kappa shape index (κ3) is 2.68. The third-order valence-electron chi connectivity index (χ3n) is 6.25. The summed E-state index contributed by atoms with van der Waals surface area (Å²) in [4.78, 5) is 38.2. The lowest BCUT2D eigenvalue weighted by Crippen LogP contribution is -2.71. The van der Waals surface area contributed by atoms with Crippen LogP contribution >= 0.6 is 0 Å². The molecule has 1 aliphatic carbocycles. The summed E-state index contributed by atoms with van der Waals surface area (Å²) in [5.41, 5.74) is 1.46.